The average molecular weight is 500 g/mol. The van der Waals surface area contributed by atoms with Gasteiger partial charge < -0.3 is 10.2 Å². The fourth-order valence-electron chi connectivity index (χ4n) is 2.90. The number of unbranched alkanes of at least 4 members (excludes halogenated alkanes) is 1. The second kappa shape index (κ2) is 11.6. The highest BCUT2D eigenvalue weighted by atomic mass is 79.9. The number of nitrogens with one attached hydrogen (secondary N) is 1. The SMILES string of the molecule is CCCCNC(=O)C(C)N(Cc1cccc(Br)c1)C(=O)Cc1c(Cl)cccc1Cl. The minimum absolute atomic E-state index is 0.0269. The molecule has 156 valence electrons. The second-order valence-electron chi connectivity index (χ2n) is 6.85. The molecule has 0 saturated heterocycles. The van der Waals surface area contributed by atoms with Gasteiger partial charge in [-0.1, -0.05) is 70.7 Å². The van der Waals surface area contributed by atoms with E-state index < -0.39 is 6.04 Å². The van der Waals surface area contributed by atoms with E-state index in [4.69, 9.17) is 23.2 Å². The minimum atomic E-state index is -0.625. The summed E-state index contributed by atoms with van der Waals surface area (Å²) >= 11 is 15.9. The Bertz CT molecular complexity index is 840. The van der Waals surface area contributed by atoms with Gasteiger partial charge in [-0.25, -0.2) is 0 Å². The predicted octanol–water partition coefficient (Wildman–Crippen LogP) is 5.63. The number of halogens is 3. The fraction of sp³-hybridized carbons (Fsp3) is 0.364. The Morgan fingerprint density at radius 2 is 1.79 bits per heavy atom. The van der Waals surface area contributed by atoms with Gasteiger partial charge in [-0.15, -0.1) is 0 Å². The summed E-state index contributed by atoms with van der Waals surface area (Å²) in [5.74, 6) is -0.384. The maximum Gasteiger partial charge on any atom is 0.242 e. The third-order valence-electron chi connectivity index (χ3n) is 4.63. The van der Waals surface area contributed by atoms with Crippen molar-refractivity contribution in [3.05, 3.63) is 68.1 Å². The normalized spacial score (nSPS) is 11.8. The fourth-order valence-corrected chi connectivity index (χ4v) is 3.88. The molecule has 1 atom stereocenters. The van der Waals surface area contributed by atoms with Crippen LogP contribution >= 0.6 is 39.1 Å². The molecular formula is C22H25BrCl2N2O2. The van der Waals surface area contributed by atoms with Crippen molar-refractivity contribution in [1.29, 1.82) is 0 Å². The molecule has 29 heavy (non-hydrogen) atoms. The lowest BCUT2D eigenvalue weighted by Gasteiger charge is -2.29. The molecule has 0 spiro atoms. The number of carbonyl (C=O) groups excluding carboxylic acids is 2. The van der Waals surface area contributed by atoms with Crippen LogP contribution in [0.15, 0.2) is 46.9 Å². The largest absolute Gasteiger partial charge is 0.354 e. The van der Waals surface area contributed by atoms with E-state index >= 15 is 0 Å². The van der Waals surface area contributed by atoms with Gasteiger partial charge in [0, 0.05) is 27.6 Å². The lowest BCUT2D eigenvalue weighted by molar-refractivity contribution is -0.140. The number of benzene rings is 2. The summed E-state index contributed by atoms with van der Waals surface area (Å²) in [5, 5.41) is 3.78. The van der Waals surface area contributed by atoms with Crippen molar-refractivity contribution in [2.45, 2.75) is 45.7 Å². The van der Waals surface area contributed by atoms with E-state index in [1.54, 1.807) is 30.0 Å². The van der Waals surface area contributed by atoms with Crippen LogP contribution in [0.4, 0.5) is 0 Å². The molecule has 1 N–H and O–H groups in total. The molecule has 2 rings (SSSR count). The van der Waals surface area contributed by atoms with Gasteiger partial charge in [-0.05, 0) is 48.7 Å². The molecule has 0 saturated carbocycles. The van der Waals surface area contributed by atoms with Crippen LogP contribution in [0, 0.1) is 0 Å². The van der Waals surface area contributed by atoms with Crippen LogP contribution in [0.1, 0.15) is 37.8 Å². The summed E-state index contributed by atoms with van der Waals surface area (Å²) in [6.07, 6.45) is 1.91. The average Bonchev–Trinajstić information content (AvgIpc) is 2.68. The van der Waals surface area contributed by atoms with Crippen molar-refractivity contribution < 1.29 is 9.59 Å². The number of nitrogens with zero attached hydrogens (tertiary/aromatic N) is 1. The molecule has 0 aliphatic carbocycles. The summed E-state index contributed by atoms with van der Waals surface area (Å²) in [4.78, 5) is 27.4. The number of amides is 2. The predicted molar refractivity (Wildman–Crippen MR) is 122 cm³/mol. The highest BCUT2D eigenvalue weighted by molar-refractivity contribution is 9.10. The minimum Gasteiger partial charge on any atom is -0.354 e. The first-order chi connectivity index (χ1) is 13.8. The van der Waals surface area contributed by atoms with Crippen molar-refractivity contribution in [2.24, 2.45) is 0 Å². The Kier molecular flexibility index (Phi) is 9.47. The van der Waals surface area contributed by atoms with Crippen molar-refractivity contribution >= 4 is 50.9 Å². The molecule has 7 heteroatoms. The molecule has 0 aromatic heterocycles. The topological polar surface area (TPSA) is 49.4 Å². The van der Waals surface area contributed by atoms with E-state index in [-0.39, 0.29) is 18.2 Å². The molecule has 0 radical (unpaired) electrons. The number of rotatable bonds is 9. The molecule has 0 aliphatic heterocycles. The molecule has 0 heterocycles. The first-order valence-corrected chi connectivity index (χ1v) is 11.1. The Labute approximate surface area is 190 Å². The molecule has 1 unspecified atom stereocenters. The highest BCUT2D eigenvalue weighted by Crippen LogP contribution is 2.26. The van der Waals surface area contributed by atoms with Crippen LogP contribution in [0.25, 0.3) is 0 Å². The molecule has 2 amide bonds. The van der Waals surface area contributed by atoms with E-state index in [0.29, 0.717) is 28.7 Å². The quantitative estimate of drug-likeness (QED) is 0.454. The maximum absolute atomic E-state index is 13.2. The smallest absolute Gasteiger partial charge is 0.242 e. The van der Waals surface area contributed by atoms with E-state index in [9.17, 15) is 9.59 Å². The van der Waals surface area contributed by atoms with Crippen LogP contribution in [-0.4, -0.2) is 29.3 Å². The van der Waals surface area contributed by atoms with Crippen LogP contribution < -0.4 is 5.32 Å². The van der Waals surface area contributed by atoms with Gasteiger partial charge in [-0.3, -0.25) is 9.59 Å². The van der Waals surface area contributed by atoms with Gasteiger partial charge in [0.2, 0.25) is 11.8 Å². The van der Waals surface area contributed by atoms with E-state index in [1.165, 1.54) is 0 Å². The van der Waals surface area contributed by atoms with E-state index in [1.807, 2.05) is 24.3 Å². The van der Waals surface area contributed by atoms with Crippen molar-refractivity contribution in [3.63, 3.8) is 0 Å². The van der Waals surface area contributed by atoms with Gasteiger partial charge in [0.15, 0.2) is 0 Å². The van der Waals surface area contributed by atoms with Crippen molar-refractivity contribution in [3.8, 4) is 0 Å². The number of carbonyl (C=O) groups is 2. The van der Waals surface area contributed by atoms with Crippen molar-refractivity contribution in [2.75, 3.05) is 6.54 Å². The maximum atomic E-state index is 13.2. The van der Waals surface area contributed by atoms with Gasteiger partial charge in [-0.2, -0.15) is 0 Å². The van der Waals surface area contributed by atoms with Gasteiger partial charge in [0.1, 0.15) is 6.04 Å². The first-order valence-electron chi connectivity index (χ1n) is 9.58. The summed E-state index contributed by atoms with van der Waals surface area (Å²) in [7, 11) is 0. The van der Waals surface area contributed by atoms with Gasteiger partial charge in [0.05, 0.1) is 6.42 Å². The number of hydrogen-bond acceptors (Lipinski definition) is 2. The zero-order valence-electron chi connectivity index (χ0n) is 16.6. The lowest BCUT2D eigenvalue weighted by Crippen LogP contribution is -2.48. The van der Waals surface area contributed by atoms with E-state index in [2.05, 4.69) is 28.2 Å². The first kappa shape index (κ1) is 23.7. The van der Waals surface area contributed by atoms with Gasteiger partial charge >= 0.3 is 0 Å². The number of hydrogen-bond donors (Lipinski definition) is 1. The summed E-state index contributed by atoms with van der Waals surface area (Å²) in [6.45, 7) is 4.70. The molecule has 2 aromatic rings. The Morgan fingerprint density at radius 1 is 1.14 bits per heavy atom. The Balaban J connectivity index is 2.25. The van der Waals surface area contributed by atoms with Crippen LogP contribution in [-0.2, 0) is 22.6 Å². The molecular weight excluding hydrogens is 475 g/mol. The molecule has 4 nitrogen and oxygen atoms in total. The summed E-state index contributed by atoms with van der Waals surface area (Å²) < 4.78 is 0.914. The summed E-state index contributed by atoms with van der Waals surface area (Å²) in [6, 6.07) is 12.2. The lowest BCUT2D eigenvalue weighted by atomic mass is 10.1. The third-order valence-corrected chi connectivity index (χ3v) is 5.83. The summed E-state index contributed by atoms with van der Waals surface area (Å²) in [5.41, 5.74) is 1.49. The third kappa shape index (κ3) is 7.02. The Hall–Kier alpha value is -1.56. The van der Waals surface area contributed by atoms with Gasteiger partial charge in [0.25, 0.3) is 0 Å². The van der Waals surface area contributed by atoms with Crippen molar-refractivity contribution in [1.82, 2.24) is 10.2 Å². The van der Waals surface area contributed by atoms with Crippen LogP contribution in [0.5, 0.6) is 0 Å². The van der Waals surface area contributed by atoms with Crippen LogP contribution in [0.2, 0.25) is 10.0 Å². The Morgan fingerprint density at radius 3 is 2.41 bits per heavy atom. The zero-order chi connectivity index (χ0) is 21.4. The highest BCUT2D eigenvalue weighted by Gasteiger charge is 2.27. The van der Waals surface area contributed by atoms with E-state index in [0.717, 1.165) is 22.9 Å². The molecule has 2 aromatic carbocycles. The molecule has 0 aliphatic rings. The second-order valence-corrected chi connectivity index (χ2v) is 8.58. The zero-order valence-corrected chi connectivity index (χ0v) is 19.6. The monoisotopic (exact) mass is 498 g/mol. The van der Waals surface area contributed by atoms with Crippen LogP contribution in [0.3, 0.4) is 0 Å². The standard InChI is InChI=1S/C22H25BrCl2N2O2/c1-3-4-11-26-22(29)15(2)27(14-16-7-5-8-17(23)12-16)21(28)13-18-19(24)9-6-10-20(18)25/h5-10,12,15H,3-4,11,13-14H2,1-2H3,(H,26,29). The molecule has 0 bridgehead atoms. The molecule has 0 fully saturated rings.